The Labute approximate surface area is 120 Å². The molecule has 110 valence electrons. The quantitative estimate of drug-likeness (QED) is 0.619. The zero-order chi connectivity index (χ0) is 15.2. The minimum absolute atomic E-state index is 0.398. The van der Waals surface area contributed by atoms with Crippen LogP contribution in [0.25, 0.3) is 0 Å². The minimum Gasteiger partial charge on any atom is -0.364 e. The van der Waals surface area contributed by atoms with Crippen molar-refractivity contribution in [1.82, 2.24) is 5.43 Å². The molecule has 1 aromatic rings. The molecule has 0 radical (unpaired) electrons. The van der Waals surface area contributed by atoms with E-state index in [2.05, 4.69) is 24.4 Å². The Balaban J connectivity index is 3.06. The van der Waals surface area contributed by atoms with E-state index in [9.17, 15) is 4.79 Å². The molecule has 0 aromatic heterocycles. The Bertz CT molecular complexity index is 471. The maximum Gasteiger partial charge on any atom is 0.332 e. The maximum absolute atomic E-state index is 10.8. The maximum atomic E-state index is 10.8. The first kappa shape index (κ1) is 16.2. The number of nitrogens with zero attached hydrogens (tertiary/aromatic N) is 1. The number of hydrazone groups is 1. The van der Waals surface area contributed by atoms with Crippen LogP contribution in [-0.4, -0.2) is 18.3 Å². The summed E-state index contributed by atoms with van der Waals surface area (Å²) in [5.74, 6) is 0.398. The van der Waals surface area contributed by atoms with Crippen LogP contribution in [0.15, 0.2) is 35.4 Å². The first-order chi connectivity index (χ1) is 9.36. The second-order valence-electron chi connectivity index (χ2n) is 5.28. The lowest BCUT2D eigenvalue weighted by Gasteiger charge is -2.31. The van der Waals surface area contributed by atoms with Crippen LogP contribution in [0.1, 0.15) is 33.3 Å². The molecule has 5 nitrogen and oxygen atoms in total. The third-order valence-corrected chi connectivity index (χ3v) is 3.05. The molecule has 0 saturated carbocycles. The number of rotatable bonds is 6. The van der Waals surface area contributed by atoms with Crippen LogP contribution < -0.4 is 11.2 Å². The number of benzene rings is 1. The second kappa shape index (κ2) is 7.05. The number of nitrogens with two attached hydrogens (primary N) is 1. The Hall–Kier alpha value is -1.88. The number of carbonyl (C=O) groups excluding carboxylic acids is 1. The van der Waals surface area contributed by atoms with E-state index in [4.69, 9.17) is 10.5 Å². The number of nitrogens with one attached hydrogen (secondary N) is 1. The number of carbonyl (C=O) groups is 1. The summed E-state index contributed by atoms with van der Waals surface area (Å²) in [5, 5.41) is 4.02. The van der Waals surface area contributed by atoms with Gasteiger partial charge < -0.3 is 10.5 Å². The Kier molecular flexibility index (Phi) is 5.70. The normalized spacial score (nSPS) is 14.9. The van der Waals surface area contributed by atoms with Gasteiger partial charge in [-0.3, -0.25) is 0 Å². The van der Waals surface area contributed by atoms with Crippen LogP contribution in [0.4, 0.5) is 4.79 Å². The molecule has 0 aliphatic heterocycles. The summed E-state index contributed by atoms with van der Waals surface area (Å²) < 4.78 is 6.05. The van der Waals surface area contributed by atoms with Crippen LogP contribution in [-0.2, 0) is 10.3 Å². The molecule has 0 aliphatic rings. The van der Waals surface area contributed by atoms with Gasteiger partial charge in [-0.25, -0.2) is 10.2 Å². The highest BCUT2D eigenvalue weighted by Gasteiger charge is 2.31. The van der Waals surface area contributed by atoms with Gasteiger partial charge in [0.25, 0.3) is 0 Å². The van der Waals surface area contributed by atoms with Crippen molar-refractivity contribution in [3.8, 4) is 0 Å². The van der Waals surface area contributed by atoms with Crippen molar-refractivity contribution in [3.63, 3.8) is 0 Å². The fraction of sp³-hybridized carbons (Fsp3) is 0.467. The number of hydrogen-bond donors (Lipinski definition) is 2. The summed E-state index contributed by atoms with van der Waals surface area (Å²) in [6, 6.07) is 9.10. The lowest BCUT2D eigenvalue weighted by Crippen LogP contribution is -2.37. The van der Waals surface area contributed by atoms with Gasteiger partial charge in [-0.05, 0) is 25.3 Å². The molecule has 1 atom stereocenters. The topological polar surface area (TPSA) is 76.7 Å². The van der Waals surface area contributed by atoms with Crippen LogP contribution in [0.2, 0.25) is 0 Å². The van der Waals surface area contributed by atoms with Crippen molar-refractivity contribution >= 4 is 11.7 Å². The van der Waals surface area contributed by atoms with Crippen LogP contribution in [0, 0.1) is 5.92 Å². The van der Waals surface area contributed by atoms with E-state index in [0.717, 1.165) is 5.56 Å². The summed E-state index contributed by atoms with van der Waals surface area (Å²) in [4.78, 5) is 10.8. The fourth-order valence-corrected chi connectivity index (χ4v) is 1.73. The Morgan fingerprint density at radius 3 is 2.50 bits per heavy atom. The van der Waals surface area contributed by atoms with Crippen molar-refractivity contribution in [2.75, 3.05) is 6.61 Å². The van der Waals surface area contributed by atoms with E-state index in [-0.39, 0.29) is 0 Å². The van der Waals surface area contributed by atoms with Gasteiger partial charge in [-0.15, -0.1) is 0 Å². The molecule has 5 heteroatoms. The van der Waals surface area contributed by atoms with Gasteiger partial charge in [0, 0.05) is 0 Å². The van der Waals surface area contributed by atoms with E-state index in [0.29, 0.717) is 18.2 Å². The highest BCUT2D eigenvalue weighted by atomic mass is 16.5. The molecule has 0 aliphatic carbocycles. The number of ether oxygens (including phenoxy) is 1. The molecule has 3 N–H and O–H groups in total. The molecule has 0 saturated heterocycles. The SMILES string of the molecule is C/C(=N\NC(N)=O)[C@](C)(OCC(C)C)c1ccccc1. The van der Waals surface area contributed by atoms with Crippen molar-refractivity contribution < 1.29 is 9.53 Å². The van der Waals surface area contributed by atoms with Gasteiger partial charge in [0.1, 0.15) is 5.60 Å². The zero-order valence-corrected chi connectivity index (χ0v) is 12.5. The average Bonchev–Trinajstić information content (AvgIpc) is 2.43. The van der Waals surface area contributed by atoms with Crippen molar-refractivity contribution in [3.05, 3.63) is 35.9 Å². The third-order valence-electron chi connectivity index (χ3n) is 3.05. The Morgan fingerprint density at radius 1 is 1.40 bits per heavy atom. The van der Waals surface area contributed by atoms with Gasteiger partial charge in [0.05, 0.1) is 12.3 Å². The van der Waals surface area contributed by atoms with E-state index < -0.39 is 11.6 Å². The highest BCUT2D eigenvalue weighted by Crippen LogP contribution is 2.27. The molecule has 1 rings (SSSR count). The number of amides is 2. The Morgan fingerprint density at radius 2 is 2.00 bits per heavy atom. The number of hydrogen-bond acceptors (Lipinski definition) is 3. The third kappa shape index (κ3) is 4.35. The molecule has 0 spiro atoms. The lowest BCUT2D eigenvalue weighted by atomic mass is 9.91. The summed E-state index contributed by atoms with van der Waals surface area (Å²) in [6.45, 7) is 8.50. The van der Waals surface area contributed by atoms with E-state index in [1.165, 1.54) is 0 Å². The molecular formula is C15H23N3O2. The van der Waals surface area contributed by atoms with Crippen molar-refractivity contribution in [2.24, 2.45) is 16.8 Å². The fourth-order valence-electron chi connectivity index (χ4n) is 1.73. The highest BCUT2D eigenvalue weighted by molar-refractivity contribution is 5.92. The molecule has 20 heavy (non-hydrogen) atoms. The summed E-state index contributed by atoms with van der Waals surface area (Å²) in [5.41, 5.74) is 8.22. The minimum atomic E-state index is -0.700. The lowest BCUT2D eigenvalue weighted by molar-refractivity contribution is 0.00164. The van der Waals surface area contributed by atoms with Crippen LogP contribution in [0.3, 0.4) is 0 Å². The predicted molar refractivity (Wildman–Crippen MR) is 80.4 cm³/mol. The van der Waals surface area contributed by atoms with Gasteiger partial charge in [-0.1, -0.05) is 44.2 Å². The molecular weight excluding hydrogens is 254 g/mol. The first-order valence-corrected chi connectivity index (χ1v) is 6.66. The van der Waals surface area contributed by atoms with Gasteiger partial charge in [0.15, 0.2) is 0 Å². The standard InChI is InChI=1S/C15H23N3O2/c1-11(2)10-20-15(4,12(3)17-18-14(16)19)13-8-6-5-7-9-13/h5-9,11H,10H2,1-4H3,(H3,16,18,19)/b17-12+/t15-/m0/s1. The molecule has 0 bridgehead atoms. The van der Waals surface area contributed by atoms with E-state index in [1.807, 2.05) is 44.2 Å². The van der Waals surface area contributed by atoms with Crippen molar-refractivity contribution in [2.45, 2.75) is 33.3 Å². The molecule has 2 amide bonds. The molecule has 0 heterocycles. The predicted octanol–water partition coefficient (Wildman–Crippen LogP) is 2.62. The monoisotopic (exact) mass is 277 g/mol. The summed E-state index contributed by atoms with van der Waals surface area (Å²) in [7, 11) is 0. The number of urea groups is 1. The largest absolute Gasteiger partial charge is 0.364 e. The molecule has 1 aromatic carbocycles. The number of primary amides is 1. The summed E-state index contributed by atoms with van der Waals surface area (Å²) >= 11 is 0. The second-order valence-corrected chi connectivity index (χ2v) is 5.28. The van der Waals surface area contributed by atoms with E-state index in [1.54, 1.807) is 0 Å². The summed E-state index contributed by atoms with van der Waals surface area (Å²) in [6.07, 6.45) is 0. The zero-order valence-electron chi connectivity index (χ0n) is 12.5. The van der Waals surface area contributed by atoms with Crippen LogP contribution >= 0.6 is 0 Å². The van der Waals surface area contributed by atoms with Crippen molar-refractivity contribution in [1.29, 1.82) is 0 Å². The molecule has 0 fully saturated rings. The average molecular weight is 277 g/mol. The van der Waals surface area contributed by atoms with Gasteiger partial charge in [0.2, 0.25) is 0 Å². The van der Waals surface area contributed by atoms with E-state index >= 15 is 0 Å². The van der Waals surface area contributed by atoms with Crippen LogP contribution in [0.5, 0.6) is 0 Å². The van der Waals surface area contributed by atoms with Gasteiger partial charge in [-0.2, -0.15) is 5.10 Å². The van der Waals surface area contributed by atoms with Gasteiger partial charge >= 0.3 is 6.03 Å². The smallest absolute Gasteiger partial charge is 0.332 e. The first-order valence-electron chi connectivity index (χ1n) is 6.66. The molecule has 0 unspecified atom stereocenters.